The van der Waals surface area contributed by atoms with Crippen molar-refractivity contribution in [2.45, 2.75) is 46.8 Å². The van der Waals surface area contributed by atoms with E-state index >= 15 is 0 Å². The molecule has 0 saturated heterocycles. The van der Waals surface area contributed by atoms with Crippen LogP contribution in [-0.4, -0.2) is 43.1 Å². The molecule has 0 aliphatic rings. The Balaban J connectivity index is 1.74. The third-order valence-electron chi connectivity index (χ3n) is 5.03. The number of anilines is 1. The van der Waals surface area contributed by atoms with Gasteiger partial charge in [-0.2, -0.15) is 5.10 Å². The molecule has 164 valence electrons. The van der Waals surface area contributed by atoms with Crippen LogP contribution in [0.5, 0.6) is 0 Å². The van der Waals surface area contributed by atoms with E-state index in [1.54, 1.807) is 6.08 Å². The van der Waals surface area contributed by atoms with Crippen LogP contribution in [0, 0.1) is 11.7 Å². The summed E-state index contributed by atoms with van der Waals surface area (Å²) in [6.45, 7) is 14.6. The molecule has 7 nitrogen and oxygen atoms in total. The summed E-state index contributed by atoms with van der Waals surface area (Å²) in [5.41, 5.74) is 2.56. The second-order valence-electron chi connectivity index (χ2n) is 7.49. The van der Waals surface area contributed by atoms with Gasteiger partial charge in [-0.25, -0.2) is 4.98 Å². The van der Waals surface area contributed by atoms with Gasteiger partial charge in [-0.1, -0.05) is 36.5 Å². The van der Waals surface area contributed by atoms with Crippen LogP contribution in [0.2, 0.25) is 0 Å². The average Bonchev–Trinajstić information content (AvgIpc) is 3.28. The number of hydrogen-bond acceptors (Lipinski definition) is 6. The first kappa shape index (κ1) is 23.1. The lowest BCUT2D eigenvalue weighted by atomic mass is 10.1. The van der Waals surface area contributed by atoms with Crippen molar-refractivity contribution in [2.24, 2.45) is 0 Å². The third kappa shape index (κ3) is 5.36. The highest BCUT2D eigenvalue weighted by molar-refractivity contribution is 7.71. The largest absolute Gasteiger partial charge is 0.298 e. The van der Waals surface area contributed by atoms with Crippen LogP contribution in [0.4, 0.5) is 5.13 Å². The predicted molar refractivity (Wildman–Crippen MR) is 129 cm³/mol. The number of hydrogen-bond donors (Lipinski definition) is 2. The lowest BCUT2D eigenvalue weighted by Gasteiger charge is -2.24. The summed E-state index contributed by atoms with van der Waals surface area (Å²) >= 11 is 6.66. The number of carbonyl (C=O) groups is 1. The summed E-state index contributed by atoms with van der Waals surface area (Å²) in [4.78, 5) is 20.5. The lowest BCUT2D eigenvalue weighted by Crippen LogP contribution is -2.29. The molecule has 1 aromatic carbocycles. The number of benzene rings is 1. The van der Waals surface area contributed by atoms with Crippen LogP contribution in [0.25, 0.3) is 10.7 Å². The quantitative estimate of drug-likeness (QED) is 0.348. The Labute approximate surface area is 191 Å². The molecule has 3 rings (SSSR count). The van der Waals surface area contributed by atoms with Gasteiger partial charge in [0, 0.05) is 24.7 Å². The molecule has 0 saturated carbocycles. The maximum atomic E-state index is 12.7. The fourth-order valence-corrected chi connectivity index (χ4v) is 4.44. The number of carbonyl (C=O) groups excluding carboxylic acids is 1. The summed E-state index contributed by atoms with van der Waals surface area (Å²) < 4.78 is 2.37. The van der Waals surface area contributed by atoms with E-state index in [4.69, 9.17) is 12.2 Å². The van der Waals surface area contributed by atoms with Crippen molar-refractivity contribution in [3.63, 3.8) is 0 Å². The Kier molecular flexibility index (Phi) is 7.53. The summed E-state index contributed by atoms with van der Waals surface area (Å²) in [6, 6.07) is 8.20. The highest BCUT2D eigenvalue weighted by Gasteiger charge is 2.18. The Morgan fingerprint density at radius 3 is 2.71 bits per heavy atom. The molecule has 0 bridgehead atoms. The Hall–Kier alpha value is -2.62. The number of rotatable bonds is 9. The van der Waals surface area contributed by atoms with Crippen molar-refractivity contribution in [1.82, 2.24) is 24.6 Å². The molecule has 0 fully saturated rings. The van der Waals surface area contributed by atoms with Gasteiger partial charge in [-0.05, 0) is 57.2 Å². The van der Waals surface area contributed by atoms with E-state index in [0.29, 0.717) is 33.9 Å². The van der Waals surface area contributed by atoms with E-state index in [-0.39, 0.29) is 5.91 Å². The summed E-state index contributed by atoms with van der Waals surface area (Å²) in [6.07, 6.45) is 1.76. The second-order valence-corrected chi connectivity index (χ2v) is 8.88. The number of amides is 1. The van der Waals surface area contributed by atoms with Gasteiger partial charge in [-0.15, -0.1) is 6.58 Å². The van der Waals surface area contributed by atoms with Gasteiger partial charge in [-0.3, -0.25) is 24.7 Å². The van der Waals surface area contributed by atoms with Crippen LogP contribution < -0.4 is 5.32 Å². The number of thiazole rings is 1. The van der Waals surface area contributed by atoms with Crippen LogP contribution in [-0.2, 0) is 13.1 Å². The minimum atomic E-state index is -0.187. The van der Waals surface area contributed by atoms with Crippen LogP contribution in [0.15, 0.2) is 36.9 Å². The number of nitrogens with one attached hydrogen (secondary N) is 2. The summed E-state index contributed by atoms with van der Waals surface area (Å²) in [5, 5.41) is 10.6. The zero-order chi connectivity index (χ0) is 22.5. The molecular weight excluding hydrogens is 428 g/mol. The molecule has 0 atom stereocenters. The van der Waals surface area contributed by atoms with Crippen molar-refractivity contribution in [2.75, 3.05) is 11.9 Å². The lowest BCUT2D eigenvalue weighted by molar-refractivity contribution is 0.102. The van der Waals surface area contributed by atoms with E-state index in [2.05, 4.69) is 52.7 Å². The fourth-order valence-electron chi connectivity index (χ4n) is 3.27. The van der Waals surface area contributed by atoms with Crippen molar-refractivity contribution in [1.29, 1.82) is 0 Å². The molecule has 2 aromatic heterocycles. The molecule has 9 heteroatoms. The molecule has 31 heavy (non-hydrogen) atoms. The van der Waals surface area contributed by atoms with Gasteiger partial charge in [0.05, 0.1) is 10.6 Å². The molecule has 3 aromatic rings. The van der Waals surface area contributed by atoms with Gasteiger partial charge in [0.1, 0.15) is 0 Å². The molecule has 0 radical (unpaired) electrons. The minimum absolute atomic E-state index is 0.187. The van der Waals surface area contributed by atoms with Gasteiger partial charge < -0.3 is 0 Å². The molecule has 0 aliphatic heterocycles. The zero-order valence-electron chi connectivity index (χ0n) is 18.3. The normalized spacial score (nSPS) is 11.3. The number of nitrogens with zero attached hydrogens (tertiary/aromatic N) is 4. The van der Waals surface area contributed by atoms with Crippen LogP contribution >= 0.6 is 23.6 Å². The summed E-state index contributed by atoms with van der Waals surface area (Å²) in [5.74, 6) is 0.503. The molecule has 0 unspecified atom stereocenters. The highest BCUT2D eigenvalue weighted by Crippen LogP contribution is 2.32. The van der Waals surface area contributed by atoms with E-state index in [1.807, 2.05) is 35.8 Å². The van der Waals surface area contributed by atoms with Gasteiger partial charge in [0.2, 0.25) is 0 Å². The Bertz CT molecular complexity index is 1110. The maximum Gasteiger partial charge on any atom is 0.257 e. The van der Waals surface area contributed by atoms with Gasteiger partial charge in [0.15, 0.2) is 15.7 Å². The van der Waals surface area contributed by atoms with Crippen molar-refractivity contribution in [3.8, 4) is 10.7 Å². The smallest absolute Gasteiger partial charge is 0.257 e. The van der Waals surface area contributed by atoms with Crippen molar-refractivity contribution >= 4 is 34.6 Å². The maximum absolute atomic E-state index is 12.7. The van der Waals surface area contributed by atoms with E-state index in [0.717, 1.165) is 23.7 Å². The van der Waals surface area contributed by atoms with Gasteiger partial charge >= 0.3 is 0 Å². The first-order valence-corrected chi connectivity index (χ1v) is 11.4. The molecular formula is C22H28N6OS2. The Morgan fingerprint density at radius 1 is 1.39 bits per heavy atom. The van der Waals surface area contributed by atoms with Gasteiger partial charge in [0.25, 0.3) is 5.91 Å². The number of allylic oxidation sites excluding steroid dienone is 1. The fraction of sp³-hybridized carbons (Fsp3) is 0.364. The molecule has 1 amide bonds. The number of aromatic nitrogens is 4. The SMILES string of the molecule is C=CCn1c(-c2sc(NC(=O)c3ccc(CN(CC)C(C)C)cc3)nc2C)n[nH]c1=S. The number of aryl methyl sites for hydroxylation is 1. The minimum Gasteiger partial charge on any atom is -0.298 e. The van der Waals surface area contributed by atoms with Crippen molar-refractivity contribution in [3.05, 3.63) is 58.5 Å². The second kappa shape index (κ2) is 10.1. The monoisotopic (exact) mass is 456 g/mol. The predicted octanol–water partition coefficient (Wildman–Crippen LogP) is 5.04. The van der Waals surface area contributed by atoms with Crippen molar-refractivity contribution < 1.29 is 4.79 Å². The van der Waals surface area contributed by atoms with E-state index < -0.39 is 0 Å². The number of H-pyrrole nitrogens is 1. The Morgan fingerprint density at radius 2 is 2.10 bits per heavy atom. The molecule has 2 heterocycles. The van der Waals surface area contributed by atoms with Crippen LogP contribution in [0.1, 0.15) is 42.4 Å². The first-order valence-electron chi connectivity index (χ1n) is 10.2. The molecule has 0 spiro atoms. The van der Waals surface area contributed by atoms with E-state index in [9.17, 15) is 4.79 Å². The molecule has 0 aliphatic carbocycles. The third-order valence-corrected chi connectivity index (χ3v) is 6.41. The van der Waals surface area contributed by atoms with E-state index in [1.165, 1.54) is 16.9 Å². The molecule has 2 N–H and O–H groups in total. The standard InChI is InChI=1S/C22H28N6OS2/c1-6-12-28-19(25-26-22(28)30)18-15(5)23-21(31-18)24-20(29)17-10-8-16(9-11-17)13-27(7-2)14(3)4/h6,8-11,14H,1,7,12-13H2,2-5H3,(H,26,30)(H,23,24,29). The number of aromatic amines is 1. The summed E-state index contributed by atoms with van der Waals surface area (Å²) in [7, 11) is 0. The topological polar surface area (TPSA) is 78.8 Å². The first-order chi connectivity index (χ1) is 14.8. The zero-order valence-corrected chi connectivity index (χ0v) is 19.9. The highest BCUT2D eigenvalue weighted by atomic mass is 32.1. The van der Waals surface area contributed by atoms with Crippen LogP contribution in [0.3, 0.4) is 0 Å². The average molecular weight is 457 g/mol.